The Balaban J connectivity index is 2.31. The normalized spacial score (nSPS) is 12.9. The van der Waals surface area contributed by atoms with Gasteiger partial charge in [0.25, 0.3) is 10.1 Å². The number of hydrogen-bond donors (Lipinski definition) is 1. The van der Waals surface area contributed by atoms with Crippen LogP contribution in [0.4, 0.5) is 13.2 Å². The molecule has 1 atom stereocenters. The molecular weight excluding hydrogens is 417 g/mol. The van der Waals surface area contributed by atoms with Gasteiger partial charge in [0.05, 0.1) is 5.56 Å². The highest BCUT2D eigenvalue weighted by atomic mass is 32.2. The number of esters is 2. The second-order valence-corrected chi connectivity index (χ2v) is 7.44. The number of rotatable bonds is 6. The van der Waals surface area contributed by atoms with E-state index in [1.807, 2.05) is 0 Å². The number of carbonyl (C=O) groups excluding carboxylic acids is 2. The van der Waals surface area contributed by atoms with Crippen LogP contribution < -0.4 is 4.74 Å². The first kappa shape index (κ1) is 22.4. The summed E-state index contributed by atoms with van der Waals surface area (Å²) < 4.78 is 78.6. The maximum Gasteiger partial charge on any atom is 0.426 e. The largest absolute Gasteiger partial charge is 0.448 e. The maximum atomic E-state index is 13.0. The molecule has 7 nitrogen and oxygen atoms in total. The molecular formula is C18H15F3O7S. The number of carbonyl (C=O) groups is 2. The lowest BCUT2D eigenvalue weighted by Gasteiger charge is -2.20. The monoisotopic (exact) mass is 432 g/mol. The molecule has 0 fully saturated rings. The lowest BCUT2D eigenvalue weighted by Crippen LogP contribution is -2.39. The zero-order chi connectivity index (χ0) is 21.8. The van der Waals surface area contributed by atoms with Crippen LogP contribution in [0, 0.1) is 6.92 Å². The zero-order valence-corrected chi connectivity index (χ0v) is 15.7. The van der Waals surface area contributed by atoms with E-state index in [2.05, 4.69) is 4.74 Å². The topological polar surface area (TPSA) is 107 Å². The highest BCUT2D eigenvalue weighted by Crippen LogP contribution is 2.28. The summed E-state index contributed by atoms with van der Waals surface area (Å²) >= 11 is 0. The molecule has 11 heteroatoms. The highest BCUT2D eigenvalue weighted by Gasteiger charge is 2.45. The molecule has 0 radical (unpaired) electrons. The molecule has 0 saturated heterocycles. The third-order valence-electron chi connectivity index (χ3n) is 3.55. The van der Waals surface area contributed by atoms with Crippen molar-refractivity contribution in [2.45, 2.75) is 19.2 Å². The van der Waals surface area contributed by atoms with Crippen LogP contribution in [-0.2, 0) is 14.9 Å². The lowest BCUT2D eigenvalue weighted by atomic mass is 10.1. The molecule has 0 amide bonds. The standard InChI is InChI=1S/C18H15F3O7S/c1-11-7-8-13(14(9-11)27-16(22)12-5-3-2-4-6-12)17(23)28-15(18(19,20)21)10-29(24,25)26/h2-9,15H,10H2,1H3,(H,24,25,26). The van der Waals surface area contributed by atoms with Crippen molar-refractivity contribution in [3.05, 3.63) is 65.2 Å². The van der Waals surface area contributed by atoms with Gasteiger partial charge in [0, 0.05) is 0 Å². The van der Waals surface area contributed by atoms with Crippen molar-refractivity contribution in [2.24, 2.45) is 0 Å². The minimum Gasteiger partial charge on any atom is -0.448 e. The van der Waals surface area contributed by atoms with Gasteiger partial charge in [-0.1, -0.05) is 24.3 Å². The van der Waals surface area contributed by atoms with E-state index in [4.69, 9.17) is 9.29 Å². The van der Waals surface area contributed by atoms with Crippen LogP contribution in [0.5, 0.6) is 5.75 Å². The number of alkyl halides is 3. The van der Waals surface area contributed by atoms with E-state index >= 15 is 0 Å². The molecule has 1 unspecified atom stereocenters. The van der Waals surface area contributed by atoms with Crippen LogP contribution >= 0.6 is 0 Å². The molecule has 156 valence electrons. The van der Waals surface area contributed by atoms with E-state index in [0.717, 1.165) is 6.07 Å². The van der Waals surface area contributed by atoms with Gasteiger partial charge in [-0.2, -0.15) is 21.6 Å². The summed E-state index contributed by atoms with van der Waals surface area (Å²) in [5.74, 6) is -4.67. The van der Waals surface area contributed by atoms with Gasteiger partial charge in [0.15, 0.2) is 0 Å². The molecule has 1 N–H and O–H groups in total. The van der Waals surface area contributed by atoms with Crippen LogP contribution in [0.25, 0.3) is 0 Å². The molecule has 0 heterocycles. The lowest BCUT2D eigenvalue weighted by molar-refractivity contribution is -0.197. The number of benzene rings is 2. The van der Waals surface area contributed by atoms with Crippen LogP contribution in [0.3, 0.4) is 0 Å². The third kappa shape index (κ3) is 6.57. The van der Waals surface area contributed by atoms with Gasteiger partial charge >= 0.3 is 18.1 Å². The summed E-state index contributed by atoms with van der Waals surface area (Å²) in [5, 5.41) is 0. The van der Waals surface area contributed by atoms with Crippen molar-refractivity contribution in [1.82, 2.24) is 0 Å². The summed E-state index contributed by atoms with van der Waals surface area (Å²) in [6.45, 7) is 1.59. The Kier molecular flexibility index (Phi) is 6.65. The van der Waals surface area contributed by atoms with Crippen molar-refractivity contribution in [2.75, 3.05) is 5.75 Å². The molecule has 0 aromatic heterocycles. The minimum absolute atomic E-state index is 0.132. The fourth-order valence-electron chi connectivity index (χ4n) is 2.19. The fourth-order valence-corrected chi connectivity index (χ4v) is 2.83. The van der Waals surface area contributed by atoms with Crippen LogP contribution in [-0.4, -0.2) is 42.9 Å². The summed E-state index contributed by atoms with van der Waals surface area (Å²) in [6, 6.07) is 11.3. The molecule has 2 aromatic carbocycles. The first-order chi connectivity index (χ1) is 13.4. The molecule has 0 aliphatic rings. The Bertz CT molecular complexity index is 1000. The third-order valence-corrected chi connectivity index (χ3v) is 4.27. The van der Waals surface area contributed by atoms with Crippen molar-refractivity contribution in [3.63, 3.8) is 0 Å². The van der Waals surface area contributed by atoms with Gasteiger partial charge in [-0.3, -0.25) is 4.55 Å². The van der Waals surface area contributed by atoms with Crippen molar-refractivity contribution < 1.29 is 45.2 Å². The zero-order valence-electron chi connectivity index (χ0n) is 14.8. The molecule has 0 saturated carbocycles. The van der Waals surface area contributed by atoms with E-state index in [0.29, 0.717) is 5.56 Å². The summed E-state index contributed by atoms with van der Waals surface area (Å²) in [4.78, 5) is 24.5. The fraction of sp³-hybridized carbons (Fsp3) is 0.222. The molecule has 0 aliphatic carbocycles. The number of hydrogen-bond acceptors (Lipinski definition) is 6. The second kappa shape index (κ2) is 8.62. The number of ether oxygens (including phenoxy) is 2. The SMILES string of the molecule is Cc1ccc(C(=O)OC(CS(=O)(=O)O)C(F)(F)F)c(OC(=O)c2ccccc2)c1. The van der Waals surface area contributed by atoms with E-state index < -0.39 is 45.7 Å². The molecule has 0 bridgehead atoms. The quantitative estimate of drug-likeness (QED) is 0.424. The summed E-state index contributed by atoms with van der Waals surface area (Å²) in [6.07, 6.45) is -8.36. The Morgan fingerprint density at radius 3 is 2.24 bits per heavy atom. The number of aryl methyl sites for hydroxylation is 1. The molecule has 2 rings (SSSR count). The van der Waals surface area contributed by atoms with Crippen LogP contribution in [0.15, 0.2) is 48.5 Å². The predicted molar refractivity (Wildman–Crippen MR) is 94.3 cm³/mol. The van der Waals surface area contributed by atoms with Crippen LogP contribution in [0.2, 0.25) is 0 Å². The Hall–Kier alpha value is -2.92. The van der Waals surface area contributed by atoms with Gasteiger partial charge in [0.1, 0.15) is 17.1 Å². The number of halogens is 3. The first-order valence-electron chi connectivity index (χ1n) is 7.97. The van der Waals surface area contributed by atoms with E-state index in [1.165, 1.54) is 24.3 Å². The maximum absolute atomic E-state index is 13.0. The Morgan fingerprint density at radius 1 is 1.07 bits per heavy atom. The van der Waals surface area contributed by atoms with Gasteiger partial charge < -0.3 is 9.47 Å². The summed E-state index contributed by atoms with van der Waals surface area (Å²) in [7, 11) is -5.09. The van der Waals surface area contributed by atoms with Crippen LogP contribution in [0.1, 0.15) is 26.3 Å². The first-order valence-corrected chi connectivity index (χ1v) is 9.58. The van der Waals surface area contributed by atoms with Gasteiger partial charge in [0.2, 0.25) is 6.10 Å². The van der Waals surface area contributed by atoms with E-state index in [-0.39, 0.29) is 11.3 Å². The van der Waals surface area contributed by atoms with Crippen molar-refractivity contribution >= 4 is 22.1 Å². The van der Waals surface area contributed by atoms with E-state index in [1.54, 1.807) is 25.1 Å². The second-order valence-electron chi connectivity index (χ2n) is 5.94. The Labute approximate surface area is 163 Å². The average Bonchev–Trinajstić information content (AvgIpc) is 2.60. The molecule has 29 heavy (non-hydrogen) atoms. The summed E-state index contributed by atoms with van der Waals surface area (Å²) in [5.41, 5.74) is 0.139. The predicted octanol–water partition coefficient (Wildman–Crippen LogP) is 3.19. The van der Waals surface area contributed by atoms with Gasteiger partial charge in [-0.05, 0) is 36.8 Å². The van der Waals surface area contributed by atoms with Crippen molar-refractivity contribution in [1.29, 1.82) is 0 Å². The van der Waals surface area contributed by atoms with Crippen molar-refractivity contribution in [3.8, 4) is 5.75 Å². The molecule has 0 spiro atoms. The van der Waals surface area contributed by atoms with Gasteiger partial charge in [-0.15, -0.1) is 0 Å². The highest BCUT2D eigenvalue weighted by molar-refractivity contribution is 7.85. The smallest absolute Gasteiger partial charge is 0.426 e. The van der Waals surface area contributed by atoms with Gasteiger partial charge in [-0.25, -0.2) is 9.59 Å². The Morgan fingerprint density at radius 2 is 1.69 bits per heavy atom. The van der Waals surface area contributed by atoms with E-state index in [9.17, 15) is 31.2 Å². The minimum atomic E-state index is -5.25. The average molecular weight is 432 g/mol. The molecule has 0 aliphatic heterocycles. The molecule has 2 aromatic rings.